The smallest absolute Gasteiger partial charge is 0.275 e. The minimum absolute atomic E-state index is 0.00444. The van der Waals surface area contributed by atoms with Gasteiger partial charge < -0.3 is 9.72 Å². The van der Waals surface area contributed by atoms with Gasteiger partial charge in [0.05, 0.1) is 31.6 Å². The Morgan fingerprint density at radius 3 is 2.83 bits per heavy atom. The van der Waals surface area contributed by atoms with Crippen LogP contribution in [0, 0.1) is 17.0 Å². The number of aromatic nitrogens is 2. The molecule has 1 aromatic heterocycles. The van der Waals surface area contributed by atoms with Gasteiger partial charge in [-0.25, -0.2) is 13.4 Å². The molecule has 4 rings (SSSR count). The number of imidazole rings is 1. The lowest BCUT2D eigenvalue weighted by Gasteiger charge is -2.10. The maximum absolute atomic E-state index is 12.8. The molecule has 2 heterocycles. The second-order valence-electron chi connectivity index (χ2n) is 6.77. The van der Waals surface area contributed by atoms with Crippen molar-refractivity contribution in [3.8, 4) is 0 Å². The molecule has 152 valence electrons. The van der Waals surface area contributed by atoms with Crippen LogP contribution in [0.3, 0.4) is 0 Å². The number of anilines is 1. The zero-order valence-electron chi connectivity index (χ0n) is 15.3. The summed E-state index contributed by atoms with van der Waals surface area (Å²) in [6, 6.07) is 7.06. The highest BCUT2D eigenvalue weighted by molar-refractivity contribution is 7.92. The van der Waals surface area contributed by atoms with Crippen LogP contribution in [0.1, 0.15) is 30.3 Å². The van der Waals surface area contributed by atoms with Crippen LogP contribution in [-0.2, 0) is 14.8 Å². The number of hydrogen-bond acceptors (Lipinski definition) is 6. The highest BCUT2D eigenvalue weighted by Gasteiger charge is 2.24. The predicted molar refractivity (Wildman–Crippen MR) is 108 cm³/mol. The van der Waals surface area contributed by atoms with Gasteiger partial charge >= 0.3 is 0 Å². The van der Waals surface area contributed by atoms with E-state index in [1.165, 1.54) is 13.0 Å². The molecule has 29 heavy (non-hydrogen) atoms. The summed E-state index contributed by atoms with van der Waals surface area (Å²) < 4.78 is 33.6. The number of halogens is 1. The number of ether oxygens (including phenoxy) is 1. The topological polar surface area (TPSA) is 127 Å². The van der Waals surface area contributed by atoms with Crippen molar-refractivity contribution in [2.75, 3.05) is 11.3 Å². The van der Waals surface area contributed by atoms with E-state index < -0.39 is 14.9 Å². The summed E-state index contributed by atoms with van der Waals surface area (Å²) in [5, 5.41) is 11.2. The van der Waals surface area contributed by atoms with Gasteiger partial charge in [0.25, 0.3) is 15.7 Å². The summed E-state index contributed by atoms with van der Waals surface area (Å²) >= 11 is 5.99. The molecule has 1 aliphatic heterocycles. The van der Waals surface area contributed by atoms with Crippen LogP contribution in [0.4, 0.5) is 11.4 Å². The SMILES string of the molecule is Cc1c(Cl)cc(S(=O)(=O)Nc2ccc3nc(C4CCCO4)[nH]c3c2)cc1[N+](=O)[O-]. The van der Waals surface area contributed by atoms with E-state index in [0.29, 0.717) is 29.2 Å². The van der Waals surface area contributed by atoms with E-state index in [0.717, 1.165) is 18.9 Å². The molecule has 0 aliphatic carbocycles. The third-order valence-electron chi connectivity index (χ3n) is 4.78. The first kappa shape index (κ1) is 19.6. The van der Waals surface area contributed by atoms with E-state index in [-0.39, 0.29) is 27.3 Å². The number of hydrogen-bond donors (Lipinski definition) is 2. The molecule has 0 bridgehead atoms. The number of nitrogens with zero attached hydrogens (tertiary/aromatic N) is 2. The van der Waals surface area contributed by atoms with E-state index in [9.17, 15) is 18.5 Å². The quantitative estimate of drug-likeness (QED) is 0.458. The van der Waals surface area contributed by atoms with Crippen molar-refractivity contribution in [2.24, 2.45) is 0 Å². The first-order valence-corrected chi connectivity index (χ1v) is 10.7. The molecule has 3 aromatic rings. The number of benzene rings is 2. The van der Waals surface area contributed by atoms with Gasteiger partial charge in [-0.15, -0.1) is 0 Å². The molecule has 1 saturated heterocycles. The molecule has 0 radical (unpaired) electrons. The first-order valence-electron chi connectivity index (χ1n) is 8.83. The van der Waals surface area contributed by atoms with Gasteiger partial charge in [0.2, 0.25) is 0 Å². The summed E-state index contributed by atoms with van der Waals surface area (Å²) in [4.78, 5) is 17.9. The number of aromatic amines is 1. The Bertz CT molecular complexity index is 1220. The number of sulfonamides is 1. The molecule has 11 heteroatoms. The zero-order valence-corrected chi connectivity index (χ0v) is 16.9. The minimum atomic E-state index is -4.08. The van der Waals surface area contributed by atoms with Gasteiger partial charge in [-0.1, -0.05) is 11.6 Å². The number of nitro groups is 1. The van der Waals surface area contributed by atoms with Crippen molar-refractivity contribution in [2.45, 2.75) is 30.8 Å². The molecule has 1 fully saturated rings. The van der Waals surface area contributed by atoms with Gasteiger partial charge in [0.15, 0.2) is 0 Å². The summed E-state index contributed by atoms with van der Waals surface area (Å²) in [7, 11) is -4.08. The van der Waals surface area contributed by atoms with Gasteiger partial charge in [0, 0.05) is 18.2 Å². The third kappa shape index (κ3) is 3.78. The van der Waals surface area contributed by atoms with Gasteiger partial charge in [-0.3, -0.25) is 14.8 Å². The molecular formula is C18H17ClN4O5S. The van der Waals surface area contributed by atoms with E-state index in [2.05, 4.69) is 14.7 Å². The van der Waals surface area contributed by atoms with Crippen LogP contribution in [-0.4, -0.2) is 29.9 Å². The lowest BCUT2D eigenvalue weighted by atomic mass is 10.2. The van der Waals surface area contributed by atoms with E-state index >= 15 is 0 Å². The molecule has 0 amide bonds. The zero-order chi connectivity index (χ0) is 20.8. The number of fused-ring (bicyclic) bond motifs is 1. The fourth-order valence-corrected chi connectivity index (χ4v) is 4.61. The van der Waals surface area contributed by atoms with Crippen molar-refractivity contribution >= 4 is 44.0 Å². The van der Waals surface area contributed by atoms with Crippen LogP contribution < -0.4 is 4.72 Å². The van der Waals surface area contributed by atoms with Crippen molar-refractivity contribution < 1.29 is 18.1 Å². The summed E-state index contributed by atoms with van der Waals surface area (Å²) in [6.07, 6.45) is 1.77. The lowest BCUT2D eigenvalue weighted by Crippen LogP contribution is -2.13. The average molecular weight is 437 g/mol. The maximum atomic E-state index is 12.8. The van der Waals surface area contributed by atoms with Crippen molar-refractivity contribution in [3.05, 3.63) is 56.9 Å². The van der Waals surface area contributed by atoms with Crippen LogP contribution >= 0.6 is 11.6 Å². The Labute approximate surface area is 171 Å². The number of rotatable bonds is 5. The molecule has 2 N–H and O–H groups in total. The van der Waals surface area contributed by atoms with Crippen LogP contribution in [0.15, 0.2) is 35.2 Å². The lowest BCUT2D eigenvalue weighted by molar-refractivity contribution is -0.385. The van der Waals surface area contributed by atoms with Crippen LogP contribution in [0.5, 0.6) is 0 Å². The highest BCUT2D eigenvalue weighted by Crippen LogP contribution is 2.31. The monoisotopic (exact) mass is 436 g/mol. The largest absolute Gasteiger partial charge is 0.370 e. The summed E-state index contributed by atoms with van der Waals surface area (Å²) in [6.45, 7) is 2.15. The molecule has 1 unspecified atom stereocenters. The Balaban J connectivity index is 1.65. The normalized spacial score (nSPS) is 17.0. The fourth-order valence-electron chi connectivity index (χ4n) is 3.24. The predicted octanol–water partition coefficient (Wildman–Crippen LogP) is 4.09. The summed E-state index contributed by atoms with van der Waals surface area (Å²) in [5.41, 5.74) is 1.48. The van der Waals surface area contributed by atoms with Gasteiger partial charge in [0.1, 0.15) is 11.9 Å². The number of H-pyrrole nitrogens is 1. The van der Waals surface area contributed by atoms with Crippen molar-refractivity contribution in [1.29, 1.82) is 0 Å². The highest BCUT2D eigenvalue weighted by atomic mass is 35.5. The Kier molecular flexibility index (Phi) is 4.93. The average Bonchev–Trinajstić information content (AvgIpc) is 3.31. The molecule has 1 atom stereocenters. The second kappa shape index (κ2) is 7.29. The number of nitro benzene ring substituents is 1. The van der Waals surface area contributed by atoms with Crippen LogP contribution in [0.2, 0.25) is 5.02 Å². The van der Waals surface area contributed by atoms with E-state index in [4.69, 9.17) is 16.3 Å². The molecular weight excluding hydrogens is 420 g/mol. The van der Waals surface area contributed by atoms with Crippen LogP contribution in [0.25, 0.3) is 11.0 Å². The van der Waals surface area contributed by atoms with Gasteiger partial charge in [-0.2, -0.15) is 0 Å². The third-order valence-corrected chi connectivity index (χ3v) is 6.54. The van der Waals surface area contributed by atoms with Gasteiger partial charge in [-0.05, 0) is 44.0 Å². The van der Waals surface area contributed by atoms with E-state index in [1.807, 2.05) is 0 Å². The Morgan fingerprint density at radius 2 is 2.14 bits per heavy atom. The molecule has 0 spiro atoms. The Hall–Kier alpha value is -2.69. The maximum Gasteiger partial charge on any atom is 0.275 e. The summed E-state index contributed by atoms with van der Waals surface area (Å²) in [5.74, 6) is 0.707. The molecule has 0 saturated carbocycles. The molecule has 9 nitrogen and oxygen atoms in total. The standard InChI is InChI=1S/C18H17ClN4O5S/c1-10-13(19)8-12(9-16(10)23(24)25)29(26,27)22-11-4-5-14-15(7-11)21-18(20-14)17-3-2-6-28-17/h4-5,7-9,17,22H,2-3,6H2,1H3,(H,20,21). The first-order chi connectivity index (χ1) is 13.7. The molecule has 2 aromatic carbocycles. The number of nitrogens with one attached hydrogen (secondary N) is 2. The minimum Gasteiger partial charge on any atom is -0.370 e. The van der Waals surface area contributed by atoms with Crippen molar-refractivity contribution in [3.63, 3.8) is 0 Å². The second-order valence-corrected chi connectivity index (χ2v) is 8.86. The fraction of sp³-hybridized carbons (Fsp3) is 0.278. The van der Waals surface area contributed by atoms with E-state index in [1.54, 1.807) is 18.2 Å². The molecule has 1 aliphatic rings. The van der Waals surface area contributed by atoms with Crippen molar-refractivity contribution in [1.82, 2.24) is 9.97 Å². The Morgan fingerprint density at radius 1 is 1.34 bits per heavy atom.